The first-order chi connectivity index (χ1) is 11.8. The van der Waals surface area contributed by atoms with Gasteiger partial charge in [0.1, 0.15) is 9.63 Å². The van der Waals surface area contributed by atoms with Crippen LogP contribution in [0.15, 0.2) is 21.7 Å². The maximum Gasteiger partial charge on any atom is 0.534 e. The van der Waals surface area contributed by atoms with Gasteiger partial charge in [0, 0.05) is 18.0 Å². The zero-order valence-electron chi connectivity index (χ0n) is 12.9. The highest BCUT2D eigenvalue weighted by atomic mass is 79.9. The summed E-state index contributed by atoms with van der Waals surface area (Å²) in [7, 11) is -5.98. The van der Waals surface area contributed by atoms with Crippen molar-refractivity contribution in [3.8, 4) is 11.4 Å². The Bertz CT molecular complexity index is 1050. The van der Waals surface area contributed by atoms with Gasteiger partial charge in [0.25, 0.3) is 5.56 Å². The lowest BCUT2D eigenvalue weighted by Crippen LogP contribution is -2.30. The summed E-state index contributed by atoms with van der Waals surface area (Å²) in [4.78, 5) is 16.5. The molecule has 0 unspecified atom stereocenters. The molecule has 0 aliphatic carbocycles. The molecule has 0 bridgehead atoms. The molecule has 0 aromatic carbocycles. The van der Waals surface area contributed by atoms with Gasteiger partial charge in [-0.15, -0.1) is 0 Å². The van der Waals surface area contributed by atoms with Crippen molar-refractivity contribution in [1.82, 2.24) is 9.55 Å². The van der Waals surface area contributed by atoms with Crippen LogP contribution in [0.25, 0.3) is 5.69 Å². The number of rotatable bonds is 3. The second-order valence-corrected chi connectivity index (χ2v) is 8.03. The molecule has 26 heavy (non-hydrogen) atoms. The van der Waals surface area contributed by atoms with Gasteiger partial charge in [0.15, 0.2) is 5.75 Å². The first kappa shape index (κ1) is 21.0. The molecule has 2 heterocycles. The second-order valence-electron chi connectivity index (χ2n) is 4.98. The molecule has 0 spiro atoms. The predicted octanol–water partition coefficient (Wildman–Crippen LogP) is 4.15. The molecule has 0 atom stereocenters. The maximum absolute atomic E-state index is 12.5. The Morgan fingerprint density at radius 3 is 2.35 bits per heavy atom. The molecule has 13 heteroatoms. The Kier molecular flexibility index (Phi) is 5.67. The van der Waals surface area contributed by atoms with Crippen molar-refractivity contribution in [2.24, 2.45) is 0 Å². The van der Waals surface area contributed by atoms with Crippen molar-refractivity contribution < 1.29 is 25.8 Å². The number of halogens is 6. The SMILES string of the molecule is Cc1cnc(Br)c(Cl)c1-n1c(C)cc(OS(=O)(=O)C(F)(F)F)c(Cl)c1=O. The average Bonchev–Trinajstić information content (AvgIpc) is 2.50. The first-order valence-electron chi connectivity index (χ1n) is 6.51. The summed E-state index contributed by atoms with van der Waals surface area (Å²) >= 11 is 15.0. The van der Waals surface area contributed by atoms with Crippen LogP contribution in [0, 0.1) is 13.8 Å². The summed E-state index contributed by atoms with van der Waals surface area (Å²) < 4.78 is 65.0. The average molecular weight is 496 g/mol. The van der Waals surface area contributed by atoms with E-state index in [0.717, 1.165) is 10.6 Å². The highest BCUT2D eigenvalue weighted by Crippen LogP contribution is 2.33. The number of aryl methyl sites for hydroxylation is 2. The van der Waals surface area contributed by atoms with E-state index in [1.54, 1.807) is 6.92 Å². The fourth-order valence-corrected chi connectivity index (χ4v) is 3.26. The lowest BCUT2D eigenvalue weighted by molar-refractivity contribution is -0.0500. The number of aromatic nitrogens is 2. The molecule has 0 saturated carbocycles. The zero-order chi connectivity index (χ0) is 20.0. The molecule has 6 nitrogen and oxygen atoms in total. The number of pyridine rings is 2. The van der Waals surface area contributed by atoms with E-state index in [2.05, 4.69) is 25.1 Å². The Labute approximate surface area is 163 Å². The van der Waals surface area contributed by atoms with Crippen LogP contribution in [-0.2, 0) is 10.1 Å². The summed E-state index contributed by atoms with van der Waals surface area (Å²) in [6, 6.07) is 0.886. The largest absolute Gasteiger partial charge is 0.534 e. The normalized spacial score (nSPS) is 12.3. The van der Waals surface area contributed by atoms with Gasteiger partial charge < -0.3 is 4.18 Å². The van der Waals surface area contributed by atoms with Gasteiger partial charge in [-0.1, -0.05) is 23.2 Å². The predicted molar refractivity (Wildman–Crippen MR) is 92.6 cm³/mol. The number of alkyl halides is 3. The molecule has 0 saturated heterocycles. The molecule has 0 fully saturated rings. The Hall–Kier alpha value is -1.30. The molecular formula is C13H8BrCl2F3N2O4S. The highest BCUT2D eigenvalue weighted by Gasteiger charge is 2.49. The third-order valence-electron chi connectivity index (χ3n) is 3.14. The van der Waals surface area contributed by atoms with E-state index in [4.69, 9.17) is 23.2 Å². The van der Waals surface area contributed by atoms with E-state index < -0.39 is 32.0 Å². The van der Waals surface area contributed by atoms with Gasteiger partial charge in [-0.05, 0) is 35.3 Å². The van der Waals surface area contributed by atoms with E-state index in [-0.39, 0.29) is 21.0 Å². The van der Waals surface area contributed by atoms with Gasteiger partial charge in [-0.2, -0.15) is 21.6 Å². The van der Waals surface area contributed by atoms with E-state index in [1.165, 1.54) is 13.1 Å². The van der Waals surface area contributed by atoms with Gasteiger partial charge in [0.05, 0.1) is 10.7 Å². The van der Waals surface area contributed by atoms with Crippen molar-refractivity contribution in [1.29, 1.82) is 0 Å². The zero-order valence-corrected chi connectivity index (χ0v) is 16.8. The van der Waals surface area contributed by atoms with Gasteiger partial charge >= 0.3 is 15.6 Å². The Balaban J connectivity index is 2.72. The third kappa shape index (κ3) is 3.71. The smallest absolute Gasteiger partial charge is 0.374 e. The Morgan fingerprint density at radius 2 is 1.81 bits per heavy atom. The molecule has 142 valence electrons. The Morgan fingerprint density at radius 1 is 1.23 bits per heavy atom. The molecule has 0 aliphatic heterocycles. The van der Waals surface area contributed by atoms with Crippen LogP contribution >= 0.6 is 39.1 Å². The summed E-state index contributed by atoms with van der Waals surface area (Å²) in [6.45, 7) is 2.94. The quantitative estimate of drug-likeness (QED) is 0.363. The molecule has 2 aromatic heterocycles. The monoisotopic (exact) mass is 494 g/mol. The fourth-order valence-electron chi connectivity index (χ4n) is 2.00. The molecule has 2 aromatic rings. The molecular weight excluding hydrogens is 488 g/mol. The minimum absolute atomic E-state index is 0.0369. The van der Waals surface area contributed by atoms with Crippen LogP contribution in [0.2, 0.25) is 10.0 Å². The summed E-state index contributed by atoms with van der Waals surface area (Å²) in [5, 5.41) is -0.797. The van der Waals surface area contributed by atoms with Gasteiger partial charge in [-0.3, -0.25) is 9.36 Å². The summed E-state index contributed by atoms with van der Waals surface area (Å²) in [5.74, 6) is -0.940. The summed E-state index contributed by atoms with van der Waals surface area (Å²) in [5.41, 5.74) is -5.99. The van der Waals surface area contributed by atoms with Gasteiger partial charge in [-0.25, -0.2) is 4.98 Å². The minimum Gasteiger partial charge on any atom is -0.374 e. The molecule has 0 aliphatic rings. The van der Waals surface area contributed by atoms with Gasteiger partial charge in [0.2, 0.25) is 0 Å². The molecule has 0 amide bonds. The maximum atomic E-state index is 12.5. The standard InChI is InChI=1S/C13H8BrCl2F3N2O4S/c1-5-4-20-11(14)9(16)10(5)21-6(2)3-7(8(15)12(21)22)25-26(23,24)13(17,18)19/h3-4H,1-2H3. The van der Waals surface area contributed by atoms with Crippen molar-refractivity contribution >= 4 is 49.2 Å². The highest BCUT2D eigenvalue weighted by molar-refractivity contribution is 9.10. The van der Waals surface area contributed by atoms with Crippen molar-refractivity contribution in [3.05, 3.63) is 48.5 Å². The van der Waals surface area contributed by atoms with E-state index >= 15 is 0 Å². The van der Waals surface area contributed by atoms with Crippen molar-refractivity contribution in [2.45, 2.75) is 19.4 Å². The van der Waals surface area contributed by atoms with Crippen LogP contribution in [0.1, 0.15) is 11.3 Å². The molecule has 0 radical (unpaired) electrons. The number of nitrogens with zero attached hydrogens (tertiary/aromatic N) is 2. The molecule has 2 rings (SSSR count). The third-order valence-corrected chi connectivity index (χ3v) is 5.64. The van der Waals surface area contributed by atoms with E-state index in [0.29, 0.717) is 5.56 Å². The number of hydrogen-bond donors (Lipinski definition) is 0. The van der Waals surface area contributed by atoms with E-state index in [9.17, 15) is 26.4 Å². The van der Waals surface area contributed by atoms with Crippen molar-refractivity contribution in [2.75, 3.05) is 0 Å². The first-order valence-corrected chi connectivity index (χ1v) is 9.47. The lowest BCUT2D eigenvalue weighted by Gasteiger charge is -2.17. The van der Waals surface area contributed by atoms with Crippen LogP contribution < -0.4 is 9.74 Å². The van der Waals surface area contributed by atoms with E-state index in [1.807, 2.05) is 0 Å². The van der Waals surface area contributed by atoms with Crippen LogP contribution in [-0.4, -0.2) is 23.5 Å². The molecule has 0 N–H and O–H groups in total. The fraction of sp³-hybridized carbons (Fsp3) is 0.231. The lowest BCUT2D eigenvalue weighted by atomic mass is 10.2. The topological polar surface area (TPSA) is 78.3 Å². The van der Waals surface area contributed by atoms with Crippen LogP contribution in [0.3, 0.4) is 0 Å². The van der Waals surface area contributed by atoms with Crippen molar-refractivity contribution in [3.63, 3.8) is 0 Å². The minimum atomic E-state index is -5.98. The summed E-state index contributed by atoms with van der Waals surface area (Å²) in [6.07, 6.45) is 1.41. The second kappa shape index (κ2) is 7.02. The number of hydrogen-bond acceptors (Lipinski definition) is 5. The van der Waals surface area contributed by atoms with Crippen LogP contribution in [0.4, 0.5) is 13.2 Å². The van der Waals surface area contributed by atoms with Crippen LogP contribution in [0.5, 0.6) is 5.75 Å².